The molecule has 0 amide bonds. The second-order valence-electron chi connectivity index (χ2n) is 4.66. The maximum absolute atomic E-state index is 2.49. The molecule has 0 saturated heterocycles. The van der Waals surface area contributed by atoms with E-state index in [4.69, 9.17) is 0 Å². The molecular weight excluding hydrogens is 277 g/mol. The van der Waals surface area contributed by atoms with Crippen LogP contribution in [0, 0.1) is 0 Å². The first-order valence-corrected chi connectivity index (χ1v) is 10.1. The van der Waals surface area contributed by atoms with Gasteiger partial charge in [0.2, 0.25) is 0 Å². The van der Waals surface area contributed by atoms with E-state index in [9.17, 15) is 0 Å². The van der Waals surface area contributed by atoms with Crippen LogP contribution in [0.4, 0.5) is 0 Å². The van der Waals surface area contributed by atoms with Crippen LogP contribution in [0.15, 0.2) is 24.4 Å². The van der Waals surface area contributed by atoms with Crippen LogP contribution in [0.2, 0.25) is 24.1 Å². The number of fused-ring (bicyclic) bond motifs is 1. The summed E-state index contributed by atoms with van der Waals surface area (Å²) in [7, 11) is -0.915. The number of halogens is 1. The summed E-state index contributed by atoms with van der Waals surface area (Å²) in [6, 6.07) is 6.60. The average Bonchev–Trinajstić information content (AvgIpc) is 2.45. The van der Waals surface area contributed by atoms with E-state index in [0.29, 0.717) is 0 Å². The van der Waals surface area contributed by atoms with Gasteiger partial charge in [0.1, 0.15) is 0 Å². The second-order valence-corrected chi connectivity index (χ2v) is 13.6. The monoisotopic (exact) mass is 293 g/mol. The molecule has 1 aliphatic heterocycles. The van der Waals surface area contributed by atoms with Crippen molar-refractivity contribution in [3.63, 3.8) is 0 Å². The molecule has 0 spiro atoms. The minimum absolute atomic E-state index is 0. The van der Waals surface area contributed by atoms with Crippen LogP contribution in [0.5, 0.6) is 0 Å². The van der Waals surface area contributed by atoms with E-state index in [2.05, 4.69) is 48.6 Å². The molecule has 0 bridgehead atoms. The first-order chi connectivity index (χ1) is 6.07. The standard InChI is InChI=1S/C10H16NSeSi.ClH/c1-13(2,3)10-8-11-7-5-4-6-9(11)12-10;/h4-7,10H,8H2,1-3H3;1H/q+1;/p-1. The van der Waals surface area contributed by atoms with Gasteiger partial charge in [-0.25, -0.2) is 0 Å². The predicted octanol–water partition coefficient (Wildman–Crippen LogP) is -2.01. The van der Waals surface area contributed by atoms with Crippen LogP contribution in [0.25, 0.3) is 0 Å². The zero-order chi connectivity index (χ0) is 9.47. The molecule has 0 radical (unpaired) electrons. The summed E-state index contributed by atoms with van der Waals surface area (Å²) in [4.78, 5) is 0. The van der Waals surface area contributed by atoms with Gasteiger partial charge < -0.3 is 12.4 Å². The summed E-state index contributed by atoms with van der Waals surface area (Å²) >= 11 is 0.728. The molecular formula is C10H16ClNSeSi. The normalized spacial score (nSPS) is 20.1. The number of hydrogen-bond donors (Lipinski definition) is 0. The third-order valence-corrected chi connectivity index (χ3v) is 11.9. The van der Waals surface area contributed by atoms with Gasteiger partial charge in [-0.1, -0.05) is 0 Å². The molecule has 1 aromatic heterocycles. The molecule has 0 fully saturated rings. The fourth-order valence-corrected chi connectivity index (χ4v) is 7.48. The maximum Gasteiger partial charge on any atom is -1.00 e. The van der Waals surface area contributed by atoms with Crippen molar-refractivity contribution in [3.8, 4) is 0 Å². The van der Waals surface area contributed by atoms with Gasteiger partial charge in [0, 0.05) is 0 Å². The van der Waals surface area contributed by atoms with E-state index in [1.807, 2.05) is 0 Å². The molecule has 0 N–H and O–H groups in total. The zero-order valence-electron chi connectivity index (χ0n) is 8.83. The van der Waals surface area contributed by atoms with Gasteiger partial charge >= 0.3 is 87.2 Å². The number of nitrogens with zero attached hydrogens (tertiary/aromatic N) is 1. The van der Waals surface area contributed by atoms with Crippen molar-refractivity contribution < 1.29 is 17.0 Å². The first kappa shape index (κ1) is 12.2. The van der Waals surface area contributed by atoms with E-state index >= 15 is 0 Å². The smallest absolute Gasteiger partial charge is 1.00 e. The molecule has 0 aliphatic carbocycles. The fraction of sp³-hybridized carbons (Fsp3) is 0.500. The number of rotatable bonds is 1. The van der Waals surface area contributed by atoms with Crippen LogP contribution in [-0.4, -0.2) is 23.0 Å². The van der Waals surface area contributed by atoms with Crippen molar-refractivity contribution >= 4 is 27.6 Å². The topological polar surface area (TPSA) is 3.88 Å². The Hall–Kier alpha value is 0.176. The Morgan fingerprint density at radius 2 is 2.07 bits per heavy atom. The molecule has 78 valence electrons. The predicted molar refractivity (Wildman–Crippen MR) is 59.1 cm³/mol. The summed E-state index contributed by atoms with van der Waals surface area (Å²) in [5.41, 5.74) is 0. The van der Waals surface area contributed by atoms with E-state index < -0.39 is 8.07 Å². The van der Waals surface area contributed by atoms with Crippen molar-refractivity contribution in [1.29, 1.82) is 0 Å². The quantitative estimate of drug-likeness (QED) is 0.416. The molecule has 2 heterocycles. The minimum atomic E-state index is -0.915. The Balaban J connectivity index is 0.000000980. The van der Waals surface area contributed by atoms with Gasteiger partial charge in [-0.05, 0) is 0 Å². The molecule has 1 unspecified atom stereocenters. The SMILES string of the molecule is C[Si](C)(C)C1C[n+]2ccccc2[Se]1.[Cl-]. The van der Waals surface area contributed by atoms with Crippen LogP contribution >= 0.6 is 0 Å². The second kappa shape index (κ2) is 4.36. The van der Waals surface area contributed by atoms with Gasteiger partial charge in [0.05, 0.1) is 0 Å². The first-order valence-electron chi connectivity index (χ1n) is 4.72. The largest absolute Gasteiger partial charge is 1.00 e. The molecule has 14 heavy (non-hydrogen) atoms. The Bertz CT molecular complexity index is 299. The van der Waals surface area contributed by atoms with Crippen molar-refractivity contribution in [1.82, 2.24) is 0 Å². The summed E-state index contributed by atoms with van der Waals surface area (Å²) in [6.07, 6.45) is 2.23. The molecule has 4 heteroatoms. The molecule has 0 saturated carbocycles. The fourth-order valence-electron chi connectivity index (χ4n) is 1.53. The molecule has 1 aliphatic rings. The molecule has 1 atom stereocenters. The van der Waals surface area contributed by atoms with E-state index in [1.165, 1.54) is 6.54 Å². The van der Waals surface area contributed by atoms with E-state index in [0.717, 1.165) is 19.4 Å². The van der Waals surface area contributed by atoms with Gasteiger partial charge in [-0.2, -0.15) is 0 Å². The third kappa shape index (κ3) is 2.40. The van der Waals surface area contributed by atoms with Crippen LogP contribution in [0.1, 0.15) is 0 Å². The minimum Gasteiger partial charge on any atom is -1.00 e. The number of hydrogen-bond acceptors (Lipinski definition) is 0. The van der Waals surface area contributed by atoms with Crippen molar-refractivity contribution in [2.45, 2.75) is 30.6 Å². The van der Waals surface area contributed by atoms with E-state index in [-0.39, 0.29) is 12.4 Å². The maximum atomic E-state index is 2.49. The van der Waals surface area contributed by atoms with Gasteiger partial charge in [0.15, 0.2) is 0 Å². The van der Waals surface area contributed by atoms with Gasteiger partial charge in [0.25, 0.3) is 0 Å². The molecule has 1 nitrogen and oxygen atoms in total. The Morgan fingerprint density at radius 1 is 1.36 bits per heavy atom. The number of pyridine rings is 1. The van der Waals surface area contributed by atoms with Gasteiger partial charge in [-0.3, -0.25) is 0 Å². The summed E-state index contributed by atoms with van der Waals surface area (Å²) in [6.45, 7) is 8.76. The van der Waals surface area contributed by atoms with Crippen LogP contribution in [-0.2, 0) is 6.54 Å². The molecule has 2 rings (SSSR count). The molecule has 0 aromatic carbocycles. The summed E-state index contributed by atoms with van der Waals surface area (Å²) < 4.78 is 5.04. The zero-order valence-corrected chi connectivity index (χ0v) is 12.3. The average molecular weight is 293 g/mol. The van der Waals surface area contributed by atoms with Crippen molar-refractivity contribution in [2.75, 3.05) is 0 Å². The Labute approximate surface area is 99.5 Å². The summed E-state index contributed by atoms with van der Waals surface area (Å²) in [5.74, 6) is 0. The van der Waals surface area contributed by atoms with Gasteiger partial charge in [-0.15, -0.1) is 0 Å². The van der Waals surface area contributed by atoms with Crippen LogP contribution in [0.3, 0.4) is 0 Å². The summed E-state index contributed by atoms with van der Waals surface area (Å²) in [5, 5.41) is 0. The Kier molecular flexibility index (Phi) is 3.81. The van der Waals surface area contributed by atoms with E-state index in [1.54, 1.807) is 4.59 Å². The molecule has 1 aromatic rings. The number of aromatic nitrogens is 1. The Morgan fingerprint density at radius 3 is 2.64 bits per heavy atom. The van der Waals surface area contributed by atoms with Crippen molar-refractivity contribution in [3.05, 3.63) is 24.4 Å². The van der Waals surface area contributed by atoms with Crippen LogP contribution < -0.4 is 21.6 Å². The third-order valence-electron chi connectivity index (χ3n) is 2.49. The van der Waals surface area contributed by atoms with Crippen molar-refractivity contribution in [2.24, 2.45) is 0 Å².